The fourth-order valence-corrected chi connectivity index (χ4v) is 3.87. The number of benzene rings is 2. The van der Waals surface area contributed by atoms with Gasteiger partial charge < -0.3 is 9.15 Å². The summed E-state index contributed by atoms with van der Waals surface area (Å²) in [7, 11) is 0. The van der Waals surface area contributed by atoms with Gasteiger partial charge in [0.2, 0.25) is 11.8 Å². The third-order valence-electron chi connectivity index (χ3n) is 5.08. The third kappa shape index (κ3) is 5.35. The summed E-state index contributed by atoms with van der Waals surface area (Å²) in [6.45, 7) is 5.27. The van der Waals surface area contributed by atoms with E-state index in [1.54, 1.807) is 24.3 Å². The molecule has 0 spiro atoms. The molecule has 0 aliphatic rings. The number of hydrogen-bond acceptors (Lipinski definition) is 6. The van der Waals surface area contributed by atoms with E-state index < -0.39 is 11.9 Å². The van der Waals surface area contributed by atoms with Gasteiger partial charge in [-0.3, -0.25) is 0 Å². The van der Waals surface area contributed by atoms with Crippen molar-refractivity contribution in [2.75, 3.05) is 0 Å². The molecule has 2 aromatic heterocycles. The van der Waals surface area contributed by atoms with Gasteiger partial charge in [-0.25, -0.2) is 4.98 Å². The highest BCUT2D eigenvalue weighted by atomic mass is 35.5. The molecule has 0 aliphatic carbocycles. The Morgan fingerprint density at radius 3 is 2.58 bits per heavy atom. The Morgan fingerprint density at radius 1 is 1.14 bits per heavy atom. The van der Waals surface area contributed by atoms with Crippen LogP contribution in [0.2, 0.25) is 10.0 Å². The van der Waals surface area contributed by atoms with E-state index in [4.69, 9.17) is 32.4 Å². The SMILES string of the molecule is C=Cc1c(Cc2nnc(-c3ccc(C(F)(F)F)nc3C)o2)ccc(Cl)c1Oc1cc(Cl)cc(C#N)c1. The van der Waals surface area contributed by atoms with Crippen LogP contribution in [0, 0.1) is 18.3 Å². The summed E-state index contributed by atoms with van der Waals surface area (Å²) >= 11 is 12.5. The van der Waals surface area contributed by atoms with Gasteiger partial charge in [0.25, 0.3) is 0 Å². The first-order chi connectivity index (χ1) is 17.1. The lowest BCUT2D eigenvalue weighted by Gasteiger charge is -2.14. The largest absolute Gasteiger partial charge is 0.455 e. The average Bonchev–Trinajstić information content (AvgIpc) is 3.28. The molecule has 0 unspecified atom stereocenters. The lowest BCUT2D eigenvalue weighted by atomic mass is 10.0. The van der Waals surface area contributed by atoms with Crippen molar-refractivity contribution in [3.63, 3.8) is 0 Å². The minimum Gasteiger partial charge on any atom is -0.455 e. The highest BCUT2D eigenvalue weighted by Gasteiger charge is 2.33. The molecule has 2 heterocycles. The van der Waals surface area contributed by atoms with Crippen molar-refractivity contribution in [2.45, 2.75) is 19.5 Å². The number of alkyl halides is 3. The lowest BCUT2D eigenvalue weighted by molar-refractivity contribution is -0.141. The van der Waals surface area contributed by atoms with Crippen LogP contribution in [0.25, 0.3) is 17.5 Å². The molecule has 0 aliphatic heterocycles. The fraction of sp³-hybridized carbons (Fsp3) is 0.120. The number of nitrogens with zero attached hydrogens (tertiary/aromatic N) is 4. The number of rotatable bonds is 6. The quantitative estimate of drug-likeness (QED) is 0.254. The minimum atomic E-state index is -4.56. The summed E-state index contributed by atoms with van der Waals surface area (Å²) < 4.78 is 50.4. The van der Waals surface area contributed by atoms with Gasteiger partial charge in [-0.1, -0.05) is 41.9 Å². The van der Waals surface area contributed by atoms with E-state index in [9.17, 15) is 18.4 Å². The van der Waals surface area contributed by atoms with Gasteiger partial charge in [-0.15, -0.1) is 10.2 Å². The van der Waals surface area contributed by atoms with Crippen LogP contribution in [0.1, 0.15) is 34.0 Å². The van der Waals surface area contributed by atoms with Crippen LogP contribution in [-0.2, 0) is 12.6 Å². The first kappa shape index (κ1) is 25.2. The molecule has 0 amide bonds. The van der Waals surface area contributed by atoms with Crippen LogP contribution < -0.4 is 4.74 Å². The van der Waals surface area contributed by atoms with Gasteiger partial charge >= 0.3 is 6.18 Å². The molecule has 0 radical (unpaired) electrons. The van der Waals surface area contributed by atoms with E-state index in [1.807, 2.05) is 6.07 Å². The molecule has 0 N–H and O–H groups in total. The van der Waals surface area contributed by atoms with E-state index in [-0.39, 0.29) is 29.6 Å². The number of ether oxygens (including phenoxy) is 1. The molecule has 182 valence electrons. The Kier molecular flexibility index (Phi) is 7.02. The summed E-state index contributed by atoms with van der Waals surface area (Å²) in [5, 5.41) is 17.8. The molecule has 0 saturated carbocycles. The molecule has 2 aromatic carbocycles. The molecule has 0 bridgehead atoms. The van der Waals surface area contributed by atoms with Gasteiger partial charge in [0.15, 0.2) is 5.75 Å². The van der Waals surface area contributed by atoms with Crippen LogP contribution >= 0.6 is 23.2 Å². The maximum atomic E-state index is 12.9. The second-order valence-electron chi connectivity index (χ2n) is 7.55. The molecular weight excluding hydrogens is 516 g/mol. The predicted molar refractivity (Wildman–Crippen MR) is 128 cm³/mol. The Balaban J connectivity index is 1.64. The number of pyridine rings is 1. The fourth-order valence-electron chi connectivity index (χ4n) is 3.44. The van der Waals surface area contributed by atoms with Gasteiger partial charge in [0.1, 0.15) is 11.4 Å². The van der Waals surface area contributed by atoms with Crippen LogP contribution in [0.3, 0.4) is 0 Å². The predicted octanol–water partition coefficient (Wildman–Crippen LogP) is 7.66. The number of aromatic nitrogens is 3. The number of nitriles is 1. The van der Waals surface area contributed by atoms with Crippen LogP contribution in [-0.4, -0.2) is 15.2 Å². The monoisotopic (exact) mass is 530 g/mol. The van der Waals surface area contributed by atoms with Gasteiger partial charge in [0.05, 0.1) is 34.3 Å². The summed E-state index contributed by atoms with van der Waals surface area (Å²) in [5.41, 5.74) is 0.940. The van der Waals surface area contributed by atoms with Crippen molar-refractivity contribution in [1.82, 2.24) is 15.2 Å². The summed E-state index contributed by atoms with van der Waals surface area (Å²) in [4.78, 5) is 3.59. The molecule has 0 fully saturated rings. The molecular formula is C25H15Cl2F3N4O2. The molecule has 0 atom stereocenters. The first-order valence-electron chi connectivity index (χ1n) is 10.3. The van der Waals surface area contributed by atoms with Gasteiger partial charge in [-0.2, -0.15) is 18.4 Å². The highest BCUT2D eigenvalue weighted by molar-refractivity contribution is 6.32. The van der Waals surface area contributed by atoms with Crippen molar-refractivity contribution < 1.29 is 22.3 Å². The van der Waals surface area contributed by atoms with Crippen LogP contribution in [0.5, 0.6) is 11.5 Å². The number of halogens is 5. The molecule has 6 nitrogen and oxygen atoms in total. The molecule has 36 heavy (non-hydrogen) atoms. The number of aryl methyl sites for hydroxylation is 1. The van der Waals surface area contributed by atoms with Crippen molar-refractivity contribution >= 4 is 29.3 Å². The van der Waals surface area contributed by atoms with Crippen molar-refractivity contribution in [3.05, 3.63) is 93.1 Å². The van der Waals surface area contributed by atoms with Crippen molar-refractivity contribution in [3.8, 4) is 29.0 Å². The van der Waals surface area contributed by atoms with Crippen molar-refractivity contribution in [1.29, 1.82) is 5.26 Å². The Labute approximate surface area is 213 Å². The zero-order chi connectivity index (χ0) is 26.0. The topological polar surface area (TPSA) is 84.8 Å². The van der Waals surface area contributed by atoms with Gasteiger partial charge in [0, 0.05) is 10.6 Å². The lowest BCUT2D eigenvalue weighted by Crippen LogP contribution is -2.08. The van der Waals surface area contributed by atoms with Crippen LogP contribution in [0.15, 0.2) is 53.5 Å². The Morgan fingerprint density at radius 2 is 1.92 bits per heavy atom. The maximum absolute atomic E-state index is 12.9. The number of hydrogen-bond donors (Lipinski definition) is 0. The summed E-state index contributed by atoms with van der Waals surface area (Å²) in [6, 6.07) is 12.0. The molecule has 0 saturated heterocycles. The van der Waals surface area contributed by atoms with Crippen molar-refractivity contribution in [2.24, 2.45) is 0 Å². The first-order valence-corrected chi connectivity index (χ1v) is 11.0. The smallest absolute Gasteiger partial charge is 0.433 e. The van der Waals surface area contributed by atoms with E-state index in [0.717, 1.165) is 6.07 Å². The standard InChI is InChI=1S/C25H15Cl2F3N4O2/c1-3-18-15(4-6-20(27)23(18)35-17-9-14(12-31)8-16(26)11-17)10-22-33-34-24(36-22)19-5-7-21(25(28,29)30)32-13(19)2/h3-9,11H,1,10H2,2H3. The molecule has 4 rings (SSSR count). The Bertz CT molecular complexity index is 1510. The molecule has 4 aromatic rings. The zero-order valence-electron chi connectivity index (χ0n) is 18.5. The normalized spacial score (nSPS) is 11.2. The second kappa shape index (κ2) is 10.0. The third-order valence-corrected chi connectivity index (χ3v) is 5.59. The zero-order valence-corrected chi connectivity index (χ0v) is 20.0. The molecule has 11 heteroatoms. The van der Waals surface area contributed by atoms with E-state index in [0.29, 0.717) is 38.0 Å². The second-order valence-corrected chi connectivity index (χ2v) is 8.39. The Hall–Kier alpha value is -3.87. The summed E-state index contributed by atoms with van der Waals surface area (Å²) in [5.74, 6) is 0.844. The van der Waals surface area contributed by atoms with Crippen LogP contribution in [0.4, 0.5) is 13.2 Å². The van der Waals surface area contributed by atoms with E-state index in [2.05, 4.69) is 21.8 Å². The minimum absolute atomic E-state index is 0.0391. The summed E-state index contributed by atoms with van der Waals surface area (Å²) in [6.07, 6.45) is -2.85. The van der Waals surface area contributed by atoms with E-state index >= 15 is 0 Å². The average molecular weight is 531 g/mol. The highest BCUT2D eigenvalue weighted by Crippen LogP contribution is 2.38. The van der Waals surface area contributed by atoms with E-state index in [1.165, 1.54) is 25.1 Å². The van der Waals surface area contributed by atoms with Gasteiger partial charge in [-0.05, 0) is 48.9 Å². The maximum Gasteiger partial charge on any atom is 0.433 e.